The molecular weight excluding hydrogens is 214 g/mol. The number of fused-ring (bicyclic) bond motifs is 1. The van der Waals surface area contributed by atoms with Crippen molar-refractivity contribution in [1.82, 2.24) is 0 Å². The van der Waals surface area contributed by atoms with Gasteiger partial charge in [0.25, 0.3) is 0 Å². The van der Waals surface area contributed by atoms with Crippen molar-refractivity contribution in [2.45, 2.75) is 39.0 Å². The molecule has 1 atom stereocenters. The molecule has 0 saturated heterocycles. The molecule has 0 aromatic heterocycles. The predicted molar refractivity (Wildman–Crippen MR) is 67.3 cm³/mol. The molecule has 0 saturated carbocycles. The fraction of sp³-hybridized carbons (Fsp3) is 0.429. The summed E-state index contributed by atoms with van der Waals surface area (Å²) in [5.41, 5.74) is 2.49. The van der Waals surface area contributed by atoms with Gasteiger partial charge in [0.15, 0.2) is 5.78 Å². The van der Waals surface area contributed by atoms with E-state index >= 15 is 0 Å². The lowest BCUT2D eigenvalue weighted by atomic mass is 9.95. The second-order valence-corrected chi connectivity index (χ2v) is 4.59. The summed E-state index contributed by atoms with van der Waals surface area (Å²) in [6.45, 7) is 4.27. The van der Waals surface area contributed by atoms with E-state index in [2.05, 4.69) is 19.2 Å². The molecule has 3 nitrogen and oxygen atoms in total. The summed E-state index contributed by atoms with van der Waals surface area (Å²) in [5, 5.41) is 2.81. The number of nitrogens with one attached hydrogen (secondary N) is 1. The van der Waals surface area contributed by atoms with Gasteiger partial charge in [0, 0.05) is 18.4 Å². The molecule has 1 aliphatic rings. The number of anilines is 1. The van der Waals surface area contributed by atoms with E-state index in [9.17, 15) is 9.59 Å². The van der Waals surface area contributed by atoms with Gasteiger partial charge in [0.2, 0.25) is 5.91 Å². The first-order chi connectivity index (χ1) is 8.11. The van der Waals surface area contributed by atoms with Crippen LogP contribution in [0.4, 0.5) is 5.69 Å². The quantitative estimate of drug-likeness (QED) is 0.850. The van der Waals surface area contributed by atoms with Gasteiger partial charge in [-0.25, -0.2) is 0 Å². The highest BCUT2D eigenvalue weighted by Crippen LogP contribution is 2.27. The van der Waals surface area contributed by atoms with E-state index < -0.39 is 0 Å². The number of hydrogen-bond acceptors (Lipinski definition) is 2. The molecule has 1 heterocycles. The standard InChI is InChI=1S/C14H17NO2/c1-3-9(2)10-4-5-11-12(8-10)15-14(17)7-6-13(11)16/h4-5,8-9H,3,6-7H2,1-2H3,(H,15,17). The first-order valence-electron chi connectivity index (χ1n) is 6.08. The Morgan fingerprint density at radius 1 is 1.29 bits per heavy atom. The molecule has 90 valence electrons. The Labute approximate surface area is 101 Å². The average Bonchev–Trinajstić information content (AvgIpc) is 2.47. The van der Waals surface area contributed by atoms with Crippen molar-refractivity contribution in [1.29, 1.82) is 0 Å². The van der Waals surface area contributed by atoms with Crippen LogP contribution in [-0.4, -0.2) is 11.7 Å². The molecule has 1 aromatic rings. The molecule has 0 bridgehead atoms. The maximum absolute atomic E-state index is 11.8. The van der Waals surface area contributed by atoms with Gasteiger partial charge in [-0.05, 0) is 30.0 Å². The Kier molecular flexibility index (Phi) is 3.27. The van der Waals surface area contributed by atoms with Gasteiger partial charge in [-0.15, -0.1) is 0 Å². The summed E-state index contributed by atoms with van der Waals surface area (Å²) < 4.78 is 0. The number of carbonyl (C=O) groups is 2. The second kappa shape index (κ2) is 4.70. The molecule has 0 radical (unpaired) electrons. The van der Waals surface area contributed by atoms with Gasteiger partial charge in [0.1, 0.15) is 0 Å². The lowest BCUT2D eigenvalue weighted by Gasteiger charge is -2.12. The van der Waals surface area contributed by atoms with Crippen LogP contribution in [0, 0.1) is 0 Å². The normalized spacial score (nSPS) is 17.1. The summed E-state index contributed by atoms with van der Waals surface area (Å²) in [6, 6.07) is 5.76. The molecule has 3 heteroatoms. The zero-order valence-corrected chi connectivity index (χ0v) is 10.2. The lowest BCUT2D eigenvalue weighted by molar-refractivity contribution is -0.116. The van der Waals surface area contributed by atoms with E-state index in [1.54, 1.807) is 0 Å². The maximum atomic E-state index is 11.8. The summed E-state index contributed by atoms with van der Waals surface area (Å²) in [7, 11) is 0. The van der Waals surface area contributed by atoms with Crippen LogP contribution in [0.3, 0.4) is 0 Å². The zero-order chi connectivity index (χ0) is 12.4. The fourth-order valence-corrected chi connectivity index (χ4v) is 2.03. The van der Waals surface area contributed by atoms with E-state index in [0.717, 1.165) is 6.42 Å². The van der Waals surface area contributed by atoms with Crippen LogP contribution in [0.1, 0.15) is 54.9 Å². The summed E-state index contributed by atoms with van der Waals surface area (Å²) >= 11 is 0. The van der Waals surface area contributed by atoms with Crippen molar-refractivity contribution >= 4 is 17.4 Å². The third-order valence-electron chi connectivity index (χ3n) is 3.38. The molecule has 1 aromatic carbocycles. The van der Waals surface area contributed by atoms with Gasteiger partial charge < -0.3 is 5.32 Å². The summed E-state index contributed by atoms with van der Waals surface area (Å²) in [4.78, 5) is 23.3. The lowest BCUT2D eigenvalue weighted by Crippen LogP contribution is -2.09. The Balaban J connectivity index is 2.42. The monoisotopic (exact) mass is 231 g/mol. The minimum Gasteiger partial charge on any atom is -0.325 e. The van der Waals surface area contributed by atoms with Gasteiger partial charge in [-0.1, -0.05) is 19.9 Å². The molecule has 1 unspecified atom stereocenters. The fourth-order valence-electron chi connectivity index (χ4n) is 2.03. The Morgan fingerprint density at radius 2 is 2.06 bits per heavy atom. The van der Waals surface area contributed by atoms with E-state index in [4.69, 9.17) is 0 Å². The Bertz CT molecular complexity index is 465. The molecule has 0 aliphatic carbocycles. The smallest absolute Gasteiger partial charge is 0.224 e. The zero-order valence-electron chi connectivity index (χ0n) is 10.2. The molecular formula is C14H17NO2. The van der Waals surface area contributed by atoms with Crippen molar-refractivity contribution in [2.75, 3.05) is 5.32 Å². The van der Waals surface area contributed by atoms with Gasteiger partial charge in [0.05, 0.1) is 5.69 Å². The highest BCUT2D eigenvalue weighted by Gasteiger charge is 2.20. The number of hydrogen-bond donors (Lipinski definition) is 1. The largest absolute Gasteiger partial charge is 0.325 e. The van der Waals surface area contributed by atoms with Crippen molar-refractivity contribution < 1.29 is 9.59 Å². The molecule has 17 heavy (non-hydrogen) atoms. The number of carbonyl (C=O) groups excluding carboxylic acids is 2. The predicted octanol–water partition coefficient (Wildman–Crippen LogP) is 3.12. The van der Waals surface area contributed by atoms with Gasteiger partial charge >= 0.3 is 0 Å². The maximum Gasteiger partial charge on any atom is 0.224 e. The Hall–Kier alpha value is -1.64. The van der Waals surface area contributed by atoms with Crippen molar-refractivity contribution in [2.24, 2.45) is 0 Å². The van der Waals surface area contributed by atoms with E-state index in [-0.39, 0.29) is 18.1 Å². The average molecular weight is 231 g/mol. The highest BCUT2D eigenvalue weighted by molar-refractivity contribution is 6.09. The molecule has 1 aliphatic heterocycles. The van der Waals surface area contributed by atoms with Gasteiger partial charge in [-0.3, -0.25) is 9.59 Å². The first kappa shape index (κ1) is 11.8. The molecule has 1 amide bonds. The summed E-state index contributed by atoms with van der Waals surface area (Å²) in [6.07, 6.45) is 1.63. The van der Waals surface area contributed by atoms with E-state index in [0.29, 0.717) is 23.6 Å². The van der Waals surface area contributed by atoms with Crippen LogP contribution in [0.2, 0.25) is 0 Å². The van der Waals surface area contributed by atoms with Crippen LogP contribution in [0.5, 0.6) is 0 Å². The topological polar surface area (TPSA) is 46.2 Å². The molecule has 2 rings (SSSR count). The molecule has 0 fully saturated rings. The van der Waals surface area contributed by atoms with Crippen LogP contribution in [0.25, 0.3) is 0 Å². The highest BCUT2D eigenvalue weighted by atomic mass is 16.2. The number of ketones is 1. The number of Topliss-reactive ketones (excluding diaryl/α,β-unsaturated/α-hetero) is 1. The van der Waals surface area contributed by atoms with Crippen LogP contribution >= 0.6 is 0 Å². The van der Waals surface area contributed by atoms with Crippen LogP contribution in [-0.2, 0) is 4.79 Å². The van der Waals surface area contributed by atoms with E-state index in [1.165, 1.54) is 5.56 Å². The number of benzene rings is 1. The minimum atomic E-state index is -0.0709. The molecule has 1 N–H and O–H groups in total. The van der Waals surface area contributed by atoms with Crippen molar-refractivity contribution in [3.8, 4) is 0 Å². The third-order valence-corrected chi connectivity index (χ3v) is 3.38. The summed E-state index contributed by atoms with van der Waals surface area (Å²) in [5.74, 6) is 0.419. The second-order valence-electron chi connectivity index (χ2n) is 4.59. The SMILES string of the molecule is CCC(C)c1ccc2c(c1)NC(=O)CCC2=O. The first-order valence-corrected chi connectivity index (χ1v) is 6.08. The van der Waals surface area contributed by atoms with Crippen LogP contribution in [0.15, 0.2) is 18.2 Å². The molecule has 0 spiro atoms. The van der Waals surface area contributed by atoms with Gasteiger partial charge in [-0.2, -0.15) is 0 Å². The van der Waals surface area contributed by atoms with Crippen LogP contribution < -0.4 is 5.32 Å². The van der Waals surface area contributed by atoms with Crippen molar-refractivity contribution in [3.05, 3.63) is 29.3 Å². The third kappa shape index (κ3) is 2.38. The number of amides is 1. The Morgan fingerprint density at radius 3 is 2.76 bits per heavy atom. The van der Waals surface area contributed by atoms with E-state index in [1.807, 2.05) is 18.2 Å². The van der Waals surface area contributed by atoms with Crippen molar-refractivity contribution in [3.63, 3.8) is 0 Å². The minimum absolute atomic E-state index is 0.0500. The number of rotatable bonds is 2.